The minimum absolute atomic E-state index is 0.00623. The molecule has 1 aromatic carbocycles. The highest BCUT2D eigenvalue weighted by Crippen LogP contribution is 2.26. The first-order chi connectivity index (χ1) is 10.5. The molecule has 1 unspecified atom stereocenters. The second-order valence-corrected chi connectivity index (χ2v) is 5.93. The summed E-state index contributed by atoms with van der Waals surface area (Å²) in [7, 11) is 0. The van der Waals surface area contributed by atoms with Gasteiger partial charge < -0.3 is 10.2 Å². The molecule has 0 radical (unpaired) electrons. The molecule has 1 aromatic rings. The van der Waals surface area contributed by atoms with Crippen molar-refractivity contribution in [3.8, 4) is 0 Å². The van der Waals surface area contributed by atoms with E-state index in [1.165, 1.54) is 0 Å². The van der Waals surface area contributed by atoms with Crippen LogP contribution in [-0.4, -0.2) is 17.4 Å². The van der Waals surface area contributed by atoms with Gasteiger partial charge in [0.15, 0.2) is 0 Å². The number of carbonyl (C=O) groups excluding carboxylic acids is 1. The van der Waals surface area contributed by atoms with Crippen molar-refractivity contribution >= 4 is 5.91 Å². The van der Waals surface area contributed by atoms with Crippen LogP contribution in [0.3, 0.4) is 0 Å². The molecule has 3 heteroatoms. The van der Waals surface area contributed by atoms with Crippen molar-refractivity contribution in [1.82, 2.24) is 10.2 Å². The van der Waals surface area contributed by atoms with E-state index in [1.807, 2.05) is 44.2 Å². The van der Waals surface area contributed by atoms with Gasteiger partial charge in [0.2, 0.25) is 5.91 Å². The fourth-order valence-corrected chi connectivity index (χ4v) is 2.88. The number of hydrogen-bond donors (Lipinski definition) is 1. The van der Waals surface area contributed by atoms with Gasteiger partial charge in [0.05, 0.1) is 6.04 Å². The van der Waals surface area contributed by atoms with Crippen LogP contribution in [0, 0.1) is 5.92 Å². The fourth-order valence-electron chi connectivity index (χ4n) is 2.88. The Bertz CT molecular complexity index is 574. The number of carbonyl (C=O) groups is 1. The lowest BCUT2D eigenvalue weighted by molar-refractivity contribution is -0.118. The molecule has 0 aliphatic carbocycles. The van der Waals surface area contributed by atoms with Crippen LogP contribution < -0.4 is 5.32 Å². The fraction of sp³-hybridized carbons (Fsp3) is 0.421. The molecule has 1 heterocycles. The summed E-state index contributed by atoms with van der Waals surface area (Å²) in [5.74, 6) is 0.183. The van der Waals surface area contributed by atoms with Crippen molar-refractivity contribution in [2.24, 2.45) is 5.92 Å². The summed E-state index contributed by atoms with van der Waals surface area (Å²) in [5, 5.41) is 3.13. The molecular formula is C19H26N2O. The SMILES string of the molecule is CCCN1C=C[C@H](C)C(C(=O)NC(C)c2ccccc2)=C1C. The Kier molecular flexibility index (Phi) is 5.42. The van der Waals surface area contributed by atoms with E-state index in [0.29, 0.717) is 0 Å². The van der Waals surface area contributed by atoms with E-state index in [2.05, 4.69) is 36.3 Å². The first-order valence-corrected chi connectivity index (χ1v) is 8.06. The Morgan fingerprint density at radius 1 is 1.32 bits per heavy atom. The van der Waals surface area contributed by atoms with Crippen LogP contribution in [0.15, 0.2) is 53.9 Å². The standard InChI is InChI=1S/C19H26N2O/c1-5-12-21-13-11-14(2)18(16(21)4)19(22)20-15(3)17-9-7-6-8-10-17/h6-11,13-15H,5,12H2,1-4H3,(H,20,22)/t14-,15?/m0/s1. The summed E-state index contributed by atoms with van der Waals surface area (Å²) >= 11 is 0. The van der Waals surface area contributed by atoms with Crippen molar-refractivity contribution in [3.63, 3.8) is 0 Å². The van der Waals surface area contributed by atoms with Crippen molar-refractivity contribution in [3.05, 3.63) is 59.4 Å². The topological polar surface area (TPSA) is 32.3 Å². The van der Waals surface area contributed by atoms with E-state index in [0.717, 1.165) is 29.8 Å². The molecule has 0 fully saturated rings. The summed E-state index contributed by atoms with van der Waals surface area (Å²) in [6.45, 7) is 9.23. The largest absolute Gasteiger partial charge is 0.352 e. The van der Waals surface area contributed by atoms with Gasteiger partial charge in [-0.15, -0.1) is 0 Å². The zero-order valence-corrected chi connectivity index (χ0v) is 14.0. The summed E-state index contributed by atoms with van der Waals surface area (Å²) in [6.07, 6.45) is 5.26. The maximum absolute atomic E-state index is 12.7. The third kappa shape index (κ3) is 3.59. The Labute approximate surface area is 133 Å². The summed E-state index contributed by atoms with van der Waals surface area (Å²) in [5.41, 5.74) is 3.06. The quantitative estimate of drug-likeness (QED) is 0.890. The second-order valence-electron chi connectivity index (χ2n) is 5.93. The molecular weight excluding hydrogens is 272 g/mol. The first-order valence-electron chi connectivity index (χ1n) is 8.06. The van der Waals surface area contributed by atoms with E-state index in [1.54, 1.807) is 0 Å². The minimum Gasteiger partial charge on any atom is -0.352 e. The first kappa shape index (κ1) is 16.3. The highest BCUT2D eigenvalue weighted by Gasteiger charge is 2.24. The van der Waals surface area contributed by atoms with E-state index >= 15 is 0 Å². The highest BCUT2D eigenvalue weighted by atomic mass is 16.1. The van der Waals surface area contributed by atoms with Crippen molar-refractivity contribution in [2.75, 3.05) is 6.54 Å². The predicted octanol–water partition coefficient (Wildman–Crippen LogP) is 4.01. The normalized spacial score (nSPS) is 19.3. The smallest absolute Gasteiger partial charge is 0.250 e. The van der Waals surface area contributed by atoms with Gasteiger partial charge in [0.25, 0.3) is 0 Å². The van der Waals surface area contributed by atoms with E-state index in [-0.39, 0.29) is 17.9 Å². The molecule has 118 valence electrons. The molecule has 0 bridgehead atoms. The molecule has 1 N–H and O–H groups in total. The average Bonchev–Trinajstić information content (AvgIpc) is 2.51. The van der Waals surface area contributed by atoms with Gasteiger partial charge in [0.1, 0.15) is 0 Å². The molecule has 3 nitrogen and oxygen atoms in total. The Balaban J connectivity index is 2.15. The monoisotopic (exact) mass is 298 g/mol. The number of benzene rings is 1. The van der Waals surface area contributed by atoms with Crippen LogP contribution in [0.5, 0.6) is 0 Å². The molecule has 0 spiro atoms. The third-order valence-corrected chi connectivity index (χ3v) is 4.19. The van der Waals surface area contributed by atoms with Gasteiger partial charge in [-0.05, 0) is 25.8 Å². The Morgan fingerprint density at radius 3 is 2.64 bits per heavy atom. The van der Waals surface area contributed by atoms with Gasteiger partial charge in [-0.3, -0.25) is 4.79 Å². The van der Waals surface area contributed by atoms with E-state index in [4.69, 9.17) is 0 Å². The van der Waals surface area contributed by atoms with Gasteiger partial charge >= 0.3 is 0 Å². The molecule has 1 amide bonds. The van der Waals surface area contributed by atoms with E-state index in [9.17, 15) is 4.79 Å². The van der Waals surface area contributed by atoms with Crippen LogP contribution in [0.4, 0.5) is 0 Å². The van der Waals surface area contributed by atoms with Crippen molar-refractivity contribution in [2.45, 2.75) is 40.2 Å². The van der Waals surface area contributed by atoms with Crippen LogP contribution >= 0.6 is 0 Å². The van der Waals surface area contributed by atoms with Crippen molar-refractivity contribution < 1.29 is 4.79 Å². The van der Waals surface area contributed by atoms with Crippen LogP contribution in [-0.2, 0) is 4.79 Å². The molecule has 2 rings (SSSR count). The van der Waals surface area contributed by atoms with Gasteiger partial charge in [0, 0.05) is 29.9 Å². The summed E-state index contributed by atoms with van der Waals surface area (Å²) in [4.78, 5) is 14.9. The van der Waals surface area contributed by atoms with Crippen molar-refractivity contribution in [1.29, 1.82) is 0 Å². The molecule has 1 aliphatic heterocycles. The number of allylic oxidation sites excluding steroid dienone is 2. The van der Waals surface area contributed by atoms with E-state index < -0.39 is 0 Å². The molecule has 0 saturated heterocycles. The molecule has 22 heavy (non-hydrogen) atoms. The lowest BCUT2D eigenvalue weighted by Crippen LogP contribution is -2.34. The Morgan fingerprint density at radius 2 is 2.00 bits per heavy atom. The number of nitrogens with one attached hydrogen (secondary N) is 1. The highest BCUT2D eigenvalue weighted by molar-refractivity contribution is 5.95. The predicted molar refractivity (Wildman–Crippen MR) is 91.0 cm³/mol. The zero-order valence-electron chi connectivity index (χ0n) is 14.0. The minimum atomic E-state index is 0.00623. The average molecular weight is 298 g/mol. The van der Waals surface area contributed by atoms with Gasteiger partial charge in [-0.2, -0.15) is 0 Å². The maximum Gasteiger partial charge on any atom is 0.250 e. The summed E-state index contributed by atoms with van der Waals surface area (Å²) < 4.78 is 0. The molecule has 1 aliphatic rings. The lowest BCUT2D eigenvalue weighted by atomic mass is 9.94. The molecule has 0 saturated carbocycles. The van der Waals surface area contributed by atoms with Crippen LogP contribution in [0.2, 0.25) is 0 Å². The summed E-state index contributed by atoms with van der Waals surface area (Å²) in [6, 6.07) is 10.1. The van der Waals surface area contributed by atoms with Gasteiger partial charge in [-0.1, -0.05) is 50.3 Å². The van der Waals surface area contributed by atoms with Crippen LogP contribution in [0.25, 0.3) is 0 Å². The van der Waals surface area contributed by atoms with Gasteiger partial charge in [-0.25, -0.2) is 0 Å². The number of rotatable bonds is 5. The number of hydrogen-bond acceptors (Lipinski definition) is 2. The Hall–Kier alpha value is -2.03. The van der Waals surface area contributed by atoms with Crippen LogP contribution in [0.1, 0.15) is 45.7 Å². The zero-order chi connectivity index (χ0) is 16.1. The molecule has 0 aromatic heterocycles. The second kappa shape index (κ2) is 7.30. The third-order valence-electron chi connectivity index (χ3n) is 4.19. The maximum atomic E-state index is 12.7. The number of nitrogens with zero attached hydrogens (tertiary/aromatic N) is 1. The number of amides is 1. The molecule has 2 atom stereocenters. The lowest BCUT2D eigenvalue weighted by Gasteiger charge is -2.30.